The van der Waals surface area contributed by atoms with Gasteiger partial charge in [0.1, 0.15) is 29.8 Å². The lowest BCUT2D eigenvalue weighted by Gasteiger charge is -2.30. The first kappa shape index (κ1) is 23.5. The zero-order valence-electron chi connectivity index (χ0n) is 18.0. The predicted molar refractivity (Wildman–Crippen MR) is 121 cm³/mol. The van der Waals surface area contributed by atoms with Gasteiger partial charge in [-0.3, -0.25) is 14.9 Å². The third kappa shape index (κ3) is 5.82. The number of aliphatic hydroxyl groups excluding tert-OH is 1. The molecule has 1 aliphatic carbocycles. The maximum atomic E-state index is 13.7. The van der Waals surface area contributed by atoms with Crippen LogP contribution in [0.5, 0.6) is 0 Å². The number of nitriles is 1. The molecule has 0 bridgehead atoms. The van der Waals surface area contributed by atoms with Crippen LogP contribution in [-0.4, -0.2) is 46.8 Å². The van der Waals surface area contributed by atoms with Crippen molar-refractivity contribution >= 4 is 34.3 Å². The topological polar surface area (TPSA) is 130 Å². The van der Waals surface area contributed by atoms with Crippen molar-refractivity contribution in [1.82, 2.24) is 20.9 Å². The number of fused-ring (bicyclic) bond motifs is 1. The molecule has 1 saturated heterocycles. The SMILES string of the molecule is N#C[C@H](C[C@@H]1CCCNC1O)NC(=O)[C@H](CC1CC1)NC(=O)c1cc2cc(F)c(Cl)cc2[nH]1. The highest BCUT2D eigenvalue weighted by Gasteiger charge is 2.33. The summed E-state index contributed by atoms with van der Waals surface area (Å²) in [5.41, 5.74) is 0.701. The van der Waals surface area contributed by atoms with Crippen LogP contribution in [0.25, 0.3) is 10.9 Å². The Labute approximate surface area is 195 Å². The number of nitrogens with one attached hydrogen (secondary N) is 4. The summed E-state index contributed by atoms with van der Waals surface area (Å²) >= 11 is 5.81. The Morgan fingerprint density at radius 3 is 2.73 bits per heavy atom. The molecule has 176 valence electrons. The monoisotopic (exact) mass is 475 g/mol. The van der Waals surface area contributed by atoms with Gasteiger partial charge in [0.25, 0.3) is 5.91 Å². The summed E-state index contributed by atoms with van der Waals surface area (Å²) in [5, 5.41) is 28.6. The average molecular weight is 476 g/mol. The van der Waals surface area contributed by atoms with Gasteiger partial charge < -0.3 is 20.7 Å². The number of H-pyrrole nitrogens is 1. The minimum absolute atomic E-state index is 0.0527. The molecule has 2 amide bonds. The highest BCUT2D eigenvalue weighted by Crippen LogP contribution is 2.34. The molecule has 2 aliphatic rings. The molecule has 1 unspecified atom stereocenters. The number of aromatic amines is 1. The quantitative estimate of drug-likeness (QED) is 0.400. The van der Waals surface area contributed by atoms with Gasteiger partial charge in [0.15, 0.2) is 0 Å². The van der Waals surface area contributed by atoms with Crippen molar-refractivity contribution in [2.45, 2.75) is 56.8 Å². The molecule has 0 radical (unpaired) electrons. The average Bonchev–Trinajstić information content (AvgIpc) is 3.52. The van der Waals surface area contributed by atoms with Crippen LogP contribution < -0.4 is 16.0 Å². The van der Waals surface area contributed by atoms with Crippen molar-refractivity contribution in [1.29, 1.82) is 5.26 Å². The number of rotatable bonds is 8. The summed E-state index contributed by atoms with van der Waals surface area (Å²) < 4.78 is 13.7. The molecule has 2 heterocycles. The van der Waals surface area contributed by atoms with Crippen molar-refractivity contribution in [3.8, 4) is 6.07 Å². The largest absolute Gasteiger partial charge is 0.378 e. The van der Waals surface area contributed by atoms with Crippen LogP contribution in [0.4, 0.5) is 4.39 Å². The molecule has 1 aliphatic heterocycles. The van der Waals surface area contributed by atoms with E-state index in [-0.39, 0.29) is 16.6 Å². The number of hydrogen-bond acceptors (Lipinski definition) is 5. The Morgan fingerprint density at radius 1 is 1.24 bits per heavy atom. The van der Waals surface area contributed by atoms with Crippen molar-refractivity contribution in [3.63, 3.8) is 0 Å². The summed E-state index contributed by atoms with van der Waals surface area (Å²) in [7, 11) is 0. The number of amides is 2. The molecule has 10 heteroatoms. The molecule has 5 N–H and O–H groups in total. The molecule has 2 fully saturated rings. The number of nitrogens with zero attached hydrogens (tertiary/aromatic N) is 1. The number of carbonyl (C=O) groups is 2. The van der Waals surface area contributed by atoms with Gasteiger partial charge in [-0.15, -0.1) is 0 Å². The number of benzene rings is 1. The zero-order chi connectivity index (χ0) is 23.5. The third-order valence-electron chi connectivity index (χ3n) is 6.36. The maximum absolute atomic E-state index is 13.7. The Balaban J connectivity index is 1.43. The standard InChI is InChI=1S/C23H27ClFN5O3/c24-16-10-18-14(8-17(16)25)9-20(29-18)23(33)30-19(6-12-3-4-12)22(32)28-15(11-26)7-13-2-1-5-27-21(13)31/h8-10,12-13,15,19,21,27,29,31H,1-7H2,(H,28,32)(H,30,33)/t13-,15-,19-,21?/m0/s1. The Kier molecular flexibility index (Phi) is 7.17. The summed E-state index contributed by atoms with van der Waals surface area (Å²) in [4.78, 5) is 28.8. The highest BCUT2D eigenvalue weighted by atomic mass is 35.5. The summed E-state index contributed by atoms with van der Waals surface area (Å²) in [6.45, 7) is 0.726. The van der Waals surface area contributed by atoms with E-state index in [4.69, 9.17) is 11.6 Å². The van der Waals surface area contributed by atoms with Gasteiger partial charge in [-0.2, -0.15) is 5.26 Å². The van der Waals surface area contributed by atoms with E-state index >= 15 is 0 Å². The second-order valence-corrected chi connectivity index (χ2v) is 9.38. The fourth-order valence-electron chi connectivity index (χ4n) is 4.31. The normalized spacial score (nSPS) is 22.4. The van der Waals surface area contributed by atoms with Crippen LogP contribution in [0.2, 0.25) is 5.02 Å². The predicted octanol–water partition coefficient (Wildman–Crippen LogP) is 2.58. The van der Waals surface area contributed by atoms with Crippen molar-refractivity contribution in [2.24, 2.45) is 11.8 Å². The van der Waals surface area contributed by atoms with Gasteiger partial charge in [-0.25, -0.2) is 4.39 Å². The number of aromatic nitrogens is 1. The minimum Gasteiger partial charge on any atom is -0.378 e. The van der Waals surface area contributed by atoms with Gasteiger partial charge >= 0.3 is 0 Å². The lowest BCUT2D eigenvalue weighted by molar-refractivity contribution is -0.123. The molecule has 0 spiro atoms. The first-order chi connectivity index (χ1) is 15.8. The van der Waals surface area contributed by atoms with E-state index in [0.717, 1.165) is 32.2 Å². The molecular formula is C23H27ClFN5O3. The van der Waals surface area contributed by atoms with Gasteiger partial charge in [0, 0.05) is 16.8 Å². The summed E-state index contributed by atoms with van der Waals surface area (Å²) in [6, 6.07) is 4.68. The van der Waals surface area contributed by atoms with Gasteiger partial charge in [0.05, 0.1) is 11.1 Å². The lowest BCUT2D eigenvalue weighted by atomic mass is 9.91. The zero-order valence-corrected chi connectivity index (χ0v) is 18.8. The molecule has 4 atom stereocenters. The molecule has 1 aromatic heterocycles. The van der Waals surface area contributed by atoms with Crippen molar-refractivity contribution in [2.75, 3.05) is 6.54 Å². The molecule has 1 aromatic carbocycles. The molecular weight excluding hydrogens is 449 g/mol. The van der Waals surface area contributed by atoms with Gasteiger partial charge in [0.2, 0.25) is 5.91 Å². The number of carbonyl (C=O) groups excluding carboxylic acids is 2. The summed E-state index contributed by atoms with van der Waals surface area (Å²) in [6.07, 6.45) is 3.76. The third-order valence-corrected chi connectivity index (χ3v) is 6.65. The van der Waals surface area contributed by atoms with E-state index in [1.54, 1.807) is 0 Å². The second kappa shape index (κ2) is 10.1. The van der Waals surface area contributed by atoms with Crippen molar-refractivity contribution in [3.05, 3.63) is 34.7 Å². The second-order valence-electron chi connectivity index (χ2n) is 8.97. The number of hydrogen-bond donors (Lipinski definition) is 5. The molecule has 4 rings (SSSR count). The molecule has 33 heavy (non-hydrogen) atoms. The first-order valence-corrected chi connectivity index (χ1v) is 11.6. The Morgan fingerprint density at radius 2 is 2.03 bits per heavy atom. The Hall–Kier alpha value is -2.67. The van der Waals surface area contributed by atoms with E-state index in [1.807, 2.05) is 0 Å². The van der Waals surface area contributed by atoms with Gasteiger partial charge in [-0.1, -0.05) is 24.4 Å². The van der Waals surface area contributed by atoms with E-state index < -0.39 is 35.9 Å². The van der Waals surface area contributed by atoms with Crippen LogP contribution in [0, 0.1) is 29.0 Å². The van der Waals surface area contributed by atoms with E-state index in [9.17, 15) is 24.3 Å². The van der Waals surface area contributed by atoms with Crippen LogP contribution in [0.15, 0.2) is 18.2 Å². The van der Waals surface area contributed by atoms with Crippen LogP contribution in [0.3, 0.4) is 0 Å². The van der Waals surface area contributed by atoms with Crippen LogP contribution >= 0.6 is 11.6 Å². The lowest BCUT2D eigenvalue weighted by Crippen LogP contribution is -2.51. The number of aliphatic hydroxyl groups is 1. The van der Waals surface area contributed by atoms with E-state index in [0.29, 0.717) is 29.7 Å². The van der Waals surface area contributed by atoms with Gasteiger partial charge in [-0.05, 0) is 56.3 Å². The smallest absolute Gasteiger partial charge is 0.268 e. The highest BCUT2D eigenvalue weighted by molar-refractivity contribution is 6.31. The Bertz CT molecular complexity index is 1040. The minimum atomic E-state index is -0.804. The number of piperidine rings is 1. The molecule has 1 saturated carbocycles. The maximum Gasteiger partial charge on any atom is 0.268 e. The first-order valence-electron chi connectivity index (χ1n) is 11.2. The molecule has 8 nitrogen and oxygen atoms in total. The fraction of sp³-hybridized carbons (Fsp3) is 0.522. The summed E-state index contributed by atoms with van der Waals surface area (Å²) in [5.74, 6) is -1.28. The fourth-order valence-corrected chi connectivity index (χ4v) is 4.47. The molecule has 2 aromatic rings. The van der Waals surface area contributed by atoms with E-state index in [2.05, 4.69) is 27.0 Å². The van der Waals surface area contributed by atoms with Crippen LogP contribution in [0.1, 0.15) is 49.0 Å². The van der Waals surface area contributed by atoms with E-state index in [1.165, 1.54) is 18.2 Å². The van der Waals surface area contributed by atoms with Crippen LogP contribution in [-0.2, 0) is 4.79 Å². The number of halogens is 2. The van der Waals surface area contributed by atoms with Crippen molar-refractivity contribution < 1.29 is 19.1 Å².